The van der Waals surface area contributed by atoms with Crippen molar-refractivity contribution in [3.63, 3.8) is 0 Å². The van der Waals surface area contributed by atoms with Crippen molar-refractivity contribution in [2.45, 2.75) is 44.6 Å². The fraction of sp³-hybridized carbons (Fsp3) is 0.857. The number of carbonyl (C=O) groups excluding carboxylic acids is 1. The van der Waals surface area contributed by atoms with Crippen molar-refractivity contribution < 1.29 is 19.4 Å². The first-order valence-corrected chi connectivity index (χ1v) is 7.79. The Kier molecular flexibility index (Phi) is 6.25. The molecule has 0 saturated carbocycles. The number of nitrogens with zero attached hydrogens (tertiary/aromatic N) is 2. The number of rotatable bonds is 5. The number of ether oxygens (including phenoxy) is 1. The van der Waals surface area contributed by atoms with Crippen LogP contribution in [0.2, 0.25) is 0 Å². The van der Waals surface area contributed by atoms with Crippen LogP contribution in [-0.4, -0.2) is 65.9 Å². The van der Waals surface area contributed by atoms with E-state index in [0.717, 1.165) is 38.8 Å². The molecule has 7 nitrogen and oxygen atoms in total. The third kappa shape index (κ3) is 5.51. The molecule has 2 saturated heterocycles. The predicted molar refractivity (Wildman–Crippen MR) is 76.8 cm³/mol. The maximum absolute atomic E-state index is 12.1. The summed E-state index contributed by atoms with van der Waals surface area (Å²) in [6.07, 6.45) is 5.17. The van der Waals surface area contributed by atoms with Gasteiger partial charge in [-0.3, -0.25) is 10.2 Å². The van der Waals surface area contributed by atoms with E-state index < -0.39 is 5.97 Å². The molecule has 2 aliphatic rings. The lowest BCUT2D eigenvalue weighted by Crippen LogP contribution is -2.53. The quantitative estimate of drug-likeness (QED) is 0.793. The molecule has 120 valence electrons. The highest BCUT2D eigenvalue weighted by Gasteiger charge is 2.24. The molecule has 2 heterocycles. The van der Waals surface area contributed by atoms with Crippen LogP contribution in [0.25, 0.3) is 0 Å². The first kappa shape index (κ1) is 16.0. The van der Waals surface area contributed by atoms with Crippen LogP contribution in [0.1, 0.15) is 38.5 Å². The number of carbonyl (C=O) groups is 2. The minimum atomic E-state index is -0.839. The van der Waals surface area contributed by atoms with Gasteiger partial charge in [0, 0.05) is 26.2 Å². The van der Waals surface area contributed by atoms with E-state index in [1.807, 2.05) is 9.91 Å². The van der Waals surface area contributed by atoms with E-state index >= 15 is 0 Å². The molecule has 0 aliphatic carbocycles. The first-order chi connectivity index (χ1) is 10.1. The monoisotopic (exact) mass is 299 g/mol. The first-order valence-electron chi connectivity index (χ1n) is 7.79. The second-order valence-corrected chi connectivity index (χ2v) is 5.67. The van der Waals surface area contributed by atoms with Crippen LogP contribution >= 0.6 is 0 Å². The maximum Gasteiger partial charge on any atom is 0.331 e. The highest BCUT2D eigenvalue weighted by Crippen LogP contribution is 2.14. The SMILES string of the molecule is O=C(O)CCOC1CCN(C(=O)NN2CCCCC2)CC1. The van der Waals surface area contributed by atoms with Crippen molar-refractivity contribution >= 4 is 12.0 Å². The van der Waals surface area contributed by atoms with Crippen molar-refractivity contribution in [2.24, 2.45) is 0 Å². The Labute approximate surface area is 125 Å². The van der Waals surface area contributed by atoms with Gasteiger partial charge in [-0.15, -0.1) is 0 Å². The number of piperidine rings is 2. The van der Waals surface area contributed by atoms with Gasteiger partial charge in [-0.25, -0.2) is 9.80 Å². The molecule has 0 aromatic heterocycles. The minimum absolute atomic E-state index is 0.0270. The number of hydrogen-bond donors (Lipinski definition) is 2. The number of carboxylic acid groups (broad SMARTS) is 1. The standard InChI is InChI=1S/C14H25N3O4/c18-13(19)6-11-21-12-4-9-16(10-5-12)14(20)15-17-7-2-1-3-8-17/h12H,1-11H2,(H,15,20)(H,18,19). The van der Waals surface area contributed by atoms with Gasteiger partial charge in [0.05, 0.1) is 19.1 Å². The Morgan fingerprint density at radius 1 is 1.10 bits per heavy atom. The Balaban J connectivity index is 1.63. The molecule has 7 heteroatoms. The fourth-order valence-electron chi connectivity index (χ4n) is 2.75. The van der Waals surface area contributed by atoms with Crippen LogP contribution in [0.5, 0.6) is 0 Å². The Hall–Kier alpha value is -1.34. The normalized spacial score (nSPS) is 21.2. The molecule has 2 fully saturated rings. The molecule has 0 aromatic carbocycles. The minimum Gasteiger partial charge on any atom is -0.481 e. The molecule has 0 bridgehead atoms. The number of carboxylic acids is 1. The van der Waals surface area contributed by atoms with E-state index in [-0.39, 0.29) is 25.2 Å². The van der Waals surface area contributed by atoms with Gasteiger partial charge in [0.1, 0.15) is 0 Å². The zero-order chi connectivity index (χ0) is 15.1. The van der Waals surface area contributed by atoms with Crippen LogP contribution in [-0.2, 0) is 9.53 Å². The van der Waals surface area contributed by atoms with Gasteiger partial charge in [0.25, 0.3) is 0 Å². The van der Waals surface area contributed by atoms with Crippen molar-refractivity contribution in [2.75, 3.05) is 32.8 Å². The molecule has 0 aromatic rings. The van der Waals surface area contributed by atoms with Crippen molar-refractivity contribution in [1.82, 2.24) is 15.3 Å². The molecule has 2 N–H and O–H groups in total. The Morgan fingerprint density at radius 3 is 2.38 bits per heavy atom. The van der Waals surface area contributed by atoms with E-state index in [1.165, 1.54) is 6.42 Å². The Morgan fingerprint density at radius 2 is 1.76 bits per heavy atom. The van der Waals surface area contributed by atoms with E-state index in [4.69, 9.17) is 9.84 Å². The summed E-state index contributed by atoms with van der Waals surface area (Å²) in [7, 11) is 0. The summed E-state index contributed by atoms with van der Waals surface area (Å²) in [5.74, 6) is -0.839. The molecular formula is C14H25N3O4. The second-order valence-electron chi connectivity index (χ2n) is 5.67. The lowest BCUT2D eigenvalue weighted by Gasteiger charge is -2.34. The summed E-state index contributed by atoms with van der Waals surface area (Å²) < 4.78 is 5.52. The fourth-order valence-corrected chi connectivity index (χ4v) is 2.75. The second kappa shape index (κ2) is 8.19. The summed E-state index contributed by atoms with van der Waals surface area (Å²) in [6.45, 7) is 3.44. The lowest BCUT2D eigenvalue weighted by molar-refractivity contribution is -0.138. The summed E-state index contributed by atoms with van der Waals surface area (Å²) in [5.41, 5.74) is 2.96. The van der Waals surface area contributed by atoms with E-state index in [1.54, 1.807) is 0 Å². The predicted octanol–water partition coefficient (Wildman–Crippen LogP) is 1.05. The van der Waals surface area contributed by atoms with Gasteiger partial charge in [0.2, 0.25) is 0 Å². The van der Waals surface area contributed by atoms with Gasteiger partial charge in [0.15, 0.2) is 0 Å². The van der Waals surface area contributed by atoms with Crippen LogP contribution in [0.15, 0.2) is 0 Å². The average molecular weight is 299 g/mol. The van der Waals surface area contributed by atoms with Crippen LogP contribution in [0.4, 0.5) is 4.79 Å². The highest BCUT2D eigenvalue weighted by atomic mass is 16.5. The van der Waals surface area contributed by atoms with E-state index in [9.17, 15) is 9.59 Å². The Bertz CT molecular complexity index is 350. The molecule has 21 heavy (non-hydrogen) atoms. The number of aliphatic carboxylic acids is 1. The van der Waals surface area contributed by atoms with Gasteiger partial charge in [-0.1, -0.05) is 6.42 Å². The molecule has 2 aliphatic heterocycles. The highest BCUT2D eigenvalue weighted by molar-refractivity contribution is 5.73. The van der Waals surface area contributed by atoms with Gasteiger partial charge >= 0.3 is 12.0 Å². The summed E-state index contributed by atoms with van der Waals surface area (Å²) in [6, 6.07) is -0.0270. The third-order valence-corrected chi connectivity index (χ3v) is 4.01. The largest absolute Gasteiger partial charge is 0.481 e. The number of hydrazine groups is 1. The molecule has 2 amide bonds. The lowest BCUT2D eigenvalue weighted by atomic mass is 10.1. The van der Waals surface area contributed by atoms with Crippen molar-refractivity contribution in [1.29, 1.82) is 0 Å². The summed E-state index contributed by atoms with van der Waals surface area (Å²) in [5, 5.41) is 10.6. The van der Waals surface area contributed by atoms with E-state index in [0.29, 0.717) is 13.1 Å². The molecule has 0 radical (unpaired) electrons. The summed E-state index contributed by atoms with van der Waals surface area (Å²) in [4.78, 5) is 24.4. The summed E-state index contributed by atoms with van der Waals surface area (Å²) >= 11 is 0. The topological polar surface area (TPSA) is 82.1 Å². The zero-order valence-corrected chi connectivity index (χ0v) is 12.4. The van der Waals surface area contributed by atoms with E-state index in [2.05, 4.69) is 5.43 Å². The number of urea groups is 1. The number of nitrogens with one attached hydrogen (secondary N) is 1. The van der Waals surface area contributed by atoms with Crippen molar-refractivity contribution in [3.05, 3.63) is 0 Å². The molecular weight excluding hydrogens is 274 g/mol. The molecule has 0 atom stereocenters. The van der Waals surface area contributed by atoms with Crippen LogP contribution in [0.3, 0.4) is 0 Å². The molecule has 2 rings (SSSR count). The molecule has 0 unspecified atom stereocenters. The number of likely N-dealkylation sites (tertiary alicyclic amines) is 1. The van der Waals surface area contributed by atoms with Crippen molar-refractivity contribution in [3.8, 4) is 0 Å². The van der Waals surface area contributed by atoms with Crippen LogP contribution in [0, 0.1) is 0 Å². The average Bonchev–Trinajstić information content (AvgIpc) is 2.48. The number of amides is 2. The smallest absolute Gasteiger partial charge is 0.331 e. The molecule has 0 spiro atoms. The van der Waals surface area contributed by atoms with Crippen LogP contribution < -0.4 is 5.43 Å². The zero-order valence-electron chi connectivity index (χ0n) is 12.4. The van der Waals surface area contributed by atoms with Gasteiger partial charge in [-0.2, -0.15) is 0 Å². The van der Waals surface area contributed by atoms with Gasteiger partial charge < -0.3 is 14.7 Å². The number of hydrogen-bond acceptors (Lipinski definition) is 4. The third-order valence-electron chi connectivity index (χ3n) is 4.01. The maximum atomic E-state index is 12.1. The van der Waals surface area contributed by atoms with Gasteiger partial charge in [-0.05, 0) is 25.7 Å².